The molecule has 0 aliphatic rings. The Morgan fingerprint density at radius 2 is 1.88 bits per heavy atom. The number of amides is 1. The minimum absolute atomic E-state index is 0.0128. The number of aliphatic hydroxyl groups is 1. The van der Waals surface area contributed by atoms with Gasteiger partial charge in [0.1, 0.15) is 11.4 Å². The van der Waals surface area contributed by atoms with Crippen molar-refractivity contribution in [2.24, 2.45) is 0 Å². The maximum atomic E-state index is 12.0. The van der Waals surface area contributed by atoms with E-state index in [1.807, 2.05) is 0 Å². The van der Waals surface area contributed by atoms with Crippen molar-refractivity contribution in [3.63, 3.8) is 0 Å². The molecule has 7 heteroatoms. The Balaban J connectivity index is 2.06. The number of benzene rings is 1. The number of hydrogen-bond donors (Lipinski definition) is 2. The Morgan fingerprint density at radius 1 is 1.23 bits per heavy atom. The molecule has 2 N–H and O–H groups in total. The smallest absolute Gasteiger partial charge is 0.244 e. The number of carbonyl (C=O) groups is 1. The lowest BCUT2D eigenvalue weighted by Gasteiger charge is -2.20. The largest absolute Gasteiger partial charge is 0.493 e. The fraction of sp³-hybridized carbons (Fsp3) is 0.316. The van der Waals surface area contributed by atoms with Crippen molar-refractivity contribution in [3.05, 3.63) is 47.9 Å². The Bertz CT molecular complexity index is 739. The van der Waals surface area contributed by atoms with Gasteiger partial charge in [-0.25, -0.2) is 0 Å². The zero-order chi connectivity index (χ0) is 19.2. The number of methoxy groups -OCH3 is 3. The molecule has 7 nitrogen and oxygen atoms in total. The molecular formula is C19H23NO6. The topological polar surface area (TPSA) is 90.2 Å². The van der Waals surface area contributed by atoms with Crippen LogP contribution in [0, 0.1) is 0 Å². The molecule has 1 amide bonds. The van der Waals surface area contributed by atoms with Gasteiger partial charge in [0.05, 0.1) is 34.1 Å². The average Bonchev–Trinajstić information content (AvgIpc) is 3.19. The molecule has 2 aromatic rings. The molecule has 0 fully saturated rings. The summed E-state index contributed by atoms with van der Waals surface area (Å²) in [7, 11) is 4.57. The summed E-state index contributed by atoms with van der Waals surface area (Å²) >= 11 is 0. The van der Waals surface area contributed by atoms with Crippen LogP contribution in [0.1, 0.15) is 18.2 Å². The molecule has 0 radical (unpaired) electrons. The molecule has 26 heavy (non-hydrogen) atoms. The molecular weight excluding hydrogens is 338 g/mol. The second-order valence-corrected chi connectivity index (χ2v) is 5.76. The lowest BCUT2D eigenvalue weighted by Crippen LogP contribution is -2.37. The second kappa shape index (κ2) is 8.44. The lowest BCUT2D eigenvalue weighted by atomic mass is 10.0. The zero-order valence-corrected chi connectivity index (χ0v) is 15.2. The van der Waals surface area contributed by atoms with E-state index in [1.54, 1.807) is 37.3 Å². The summed E-state index contributed by atoms with van der Waals surface area (Å²) in [5.41, 5.74) is -0.591. The van der Waals surface area contributed by atoms with Gasteiger partial charge in [0.25, 0.3) is 0 Å². The van der Waals surface area contributed by atoms with Gasteiger partial charge in [-0.3, -0.25) is 4.79 Å². The van der Waals surface area contributed by atoms with Crippen molar-refractivity contribution in [1.29, 1.82) is 0 Å². The molecule has 0 bridgehead atoms. The molecule has 1 atom stereocenters. The standard InChI is InChI=1S/C19H23NO6/c1-19(22,16-6-5-9-26-16)12-20-17(21)8-7-13-10-14(23-2)18(25-4)15(11-13)24-3/h5-11,22H,12H2,1-4H3,(H,20,21)/b8-7+. The van der Waals surface area contributed by atoms with E-state index in [4.69, 9.17) is 18.6 Å². The van der Waals surface area contributed by atoms with Crippen LogP contribution in [0.4, 0.5) is 0 Å². The molecule has 1 aromatic carbocycles. The van der Waals surface area contributed by atoms with E-state index in [0.717, 1.165) is 0 Å². The molecule has 0 saturated carbocycles. The number of nitrogens with one attached hydrogen (secondary N) is 1. The van der Waals surface area contributed by atoms with Gasteiger partial charge in [-0.2, -0.15) is 0 Å². The van der Waals surface area contributed by atoms with Crippen LogP contribution in [0.25, 0.3) is 6.08 Å². The van der Waals surface area contributed by atoms with Crippen LogP contribution in [0.15, 0.2) is 41.0 Å². The Morgan fingerprint density at radius 3 is 2.38 bits per heavy atom. The molecule has 1 aromatic heterocycles. The maximum Gasteiger partial charge on any atom is 0.244 e. The van der Waals surface area contributed by atoms with E-state index in [1.165, 1.54) is 33.7 Å². The third-order valence-electron chi connectivity index (χ3n) is 3.77. The number of rotatable bonds is 8. The number of hydrogen-bond acceptors (Lipinski definition) is 6. The monoisotopic (exact) mass is 361 g/mol. The van der Waals surface area contributed by atoms with Crippen LogP contribution in [-0.2, 0) is 10.4 Å². The van der Waals surface area contributed by atoms with Crippen molar-refractivity contribution >= 4 is 12.0 Å². The van der Waals surface area contributed by atoms with E-state index in [2.05, 4.69) is 5.32 Å². The van der Waals surface area contributed by atoms with Gasteiger partial charge in [0.15, 0.2) is 11.5 Å². The van der Waals surface area contributed by atoms with Gasteiger partial charge >= 0.3 is 0 Å². The summed E-state index contributed by atoms with van der Waals surface area (Å²) in [6.07, 6.45) is 4.44. The number of ether oxygens (including phenoxy) is 3. The molecule has 1 unspecified atom stereocenters. The van der Waals surface area contributed by atoms with Gasteiger partial charge < -0.3 is 29.1 Å². The molecule has 2 rings (SSSR count). The highest BCUT2D eigenvalue weighted by Gasteiger charge is 2.26. The van der Waals surface area contributed by atoms with Gasteiger partial charge in [0.2, 0.25) is 11.7 Å². The van der Waals surface area contributed by atoms with Gasteiger partial charge in [-0.05, 0) is 42.8 Å². The van der Waals surface area contributed by atoms with Gasteiger partial charge in [0, 0.05) is 6.08 Å². The van der Waals surface area contributed by atoms with Crippen molar-refractivity contribution in [1.82, 2.24) is 5.32 Å². The molecule has 140 valence electrons. The Hall–Kier alpha value is -2.93. The lowest BCUT2D eigenvalue weighted by molar-refractivity contribution is -0.117. The minimum Gasteiger partial charge on any atom is -0.493 e. The van der Waals surface area contributed by atoms with E-state index < -0.39 is 5.60 Å². The first-order valence-corrected chi connectivity index (χ1v) is 7.93. The summed E-state index contributed by atoms with van der Waals surface area (Å²) in [5.74, 6) is 1.49. The van der Waals surface area contributed by atoms with Crippen molar-refractivity contribution in [3.8, 4) is 17.2 Å². The average molecular weight is 361 g/mol. The van der Waals surface area contributed by atoms with Crippen molar-refractivity contribution in [2.75, 3.05) is 27.9 Å². The fourth-order valence-corrected chi connectivity index (χ4v) is 2.36. The molecule has 0 saturated heterocycles. The SMILES string of the molecule is COc1cc(/C=C/C(=O)NCC(C)(O)c2ccco2)cc(OC)c1OC. The summed E-state index contributed by atoms with van der Waals surface area (Å²) in [6.45, 7) is 1.58. The predicted octanol–water partition coefficient (Wildman–Crippen LogP) is 2.34. The van der Waals surface area contributed by atoms with E-state index in [-0.39, 0.29) is 12.5 Å². The highest BCUT2D eigenvalue weighted by atomic mass is 16.5. The summed E-state index contributed by atoms with van der Waals surface area (Å²) in [4.78, 5) is 12.0. The van der Waals surface area contributed by atoms with E-state index in [0.29, 0.717) is 28.6 Å². The van der Waals surface area contributed by atoms with Gasteiger partial charge in [-0.1, -0.05) is 0 Å². The first kappa shape index (κ1) is 19.4. The van der Waals surface area contributed by atoms with Crippen LogP contribution >= 0.6 is 0 Å². The molecule has 0 aliphatic heterocycles. The zero-order valence-electron chi connectivity index (χ0n) is 15.2. The van der Waals surface area contributed by atoms with Crippen LogP contribution < -0.4 is 19.5 Å². The first-order valence-electron chi connectivity index (χ1n) is 7.93. The van der Waals surface area contributed by atoms with Crippen LogP contribution in [0.5, 0.6) is 17.2 Å². The first-order chi connectivity index (χ1) is 12.4. The highest BCUT2D eigenvalue weighted by Crippen LogP contribution is 2.38. The van der Waals surface area contributed by atoms with Crippen molar-refractivity contribution in [2.45, 2.75) is 12.5 Å². The third-order valence-corrected chi connectivity index (χ3v) is 3.77. The number of carbonyl (C=O) groups excluding carboxylic acids is 1. The van der Waals surface area contributed by atoms with Crippen LogP contribution in [0.3, 0.4) is 0 Å². The maximum absolute atomic E-state index is 12.0. The predicted molar refractivity (Wildman–Crippen MR) is 96.4 cm³/mol. The highest BCUT2D eigenvalue weighted by molar-refractivity contribution is 5.92. The normalized spacial score (nSPS) is 13.3. The molecule has 1 heterocycles. The summed E-state index contributed by atoms with van der Waals surface area (Å²) in [6, 6.07) is 6.78. The van der Waals surface area contributed by atoms with Crippen molar-refractivity contribution < 1.29 is 28.5 Å². The minimum atomic E-state index is -1.29. The summed E-state index contributed by atoms with van der Waals surface area (Å²) in [5, 5.41) is 13.0. The number of furan rings is 1. The van der Waals surface area contributed by atoms with Crippen LogP contribution in [0.2, 0.25) is 0 Å². The molecule has 0 aliphatic carbocycles. The van der Waals surface area contributed by atoms with Crippen LogP contribution in [-0.4, -0.2) is 38.9 Å². The quantitative estimate of drug-likeness (QED) is 0.702. The second-order valence-electron chi connectivity index (χ2n) is 5.76. The van der Waals surface area contributed by atoms with E-state index >= 15 is 0 Å². The third kappa shape index (κ3) is 4.58. The Kier molecular flexibility index (Phi) is 6.30. The van der Waals surface area contributed by atoms with E-state index in [9.17, 15) is 9.90 Å². The summed E-state index contributed by atoms with van der Waals surface area (Å²) < 4.78 is 21.0. The van der Waals surface area contributed by atoms with Gasteiger partial charge in [-0.15, -0.1) is 0 Å². The Labute approximate surface area is 152 Å². The molecule has 0 spiro atoms. The fourth-order valence-electron chi connectivity index (χ4n) is 2.36.